The second-order valence-corrected chi connectivity index (χ2v) is 3.96. The summed E-state index contributed by atoms with van der Waals surface area (Å²) in [5.41, 5.74) is 0. The SMILES string of the molecule is C1[Si]CS1. The van der Waals surface area contributed by atoms with E-state index in [0.29, 0.717) is 0 Å². The molecule has 0 N–H and O–H groups in total. The van der Waals surface area contributed by atoms with Crippen molar-refractivity contribution in [1.82, 2.24) is 0 Å². The molecular formula is C2H4SSi. The smallest absolute Gasteiger partial charge is 0.0631 e. The van der Waals surface area contributed by atoms with Gasteiger partial charge in [-0.2, -0.15) is 11.8 Å². The number of rotatable bonds is 0. The first kappa shape index (κ1) is 2.79. The highest BCUT2D eigenvalue weighted by Crippen LogP contribution is 2.05. The van der Waals surface area contributed by atoms with Crippen LogP contribution in [0.5, 0.6) is 0 Å². The van der Waals surface area contributed by atoms with Crippen molar-refractivity contribution in [3.8, 4) is 0 Å². The highest BCUT2D eigenvalue weighted by atomic mass is 32.2. The van der Waals surface area contributed by atoms with E-state index >= 15 is 0 Å². The average molecular weight is 88.2 g/mol. The Bertz CT molecular complexity index is 14.0. The van der Waals surface area contributed by atoms with Gasteiger partial charge in [0, 0.05) is 0 Å². The van der Waals surface area contributed by atoms with Crippen LogP contribution < -0.4 is 0 Å². The number of hydrogen-bond acceptors (Lipinski definition) is 1. The fourth-order valence-corrected chi connectivity index (χ4v) is 0.919. The maximum absolute atomic E-state index is 2.05. The predicted octanol–water partition coefficient (Wildman–Crippen LogP) is 0.352. The first-order valence-electron chi connectivity index (χ1n) is 1.28. The van der Waals surface area contributed by atoms with Crippen LogP contribution in [0.25, 0.3) is 0 Å². The van der Waals surface area contributed by atoms with Gasteiger partial charge in [0.2, 0.25) is 0 Å². The van der Waals surface area contributed by atoms with E-state index in [1.165, 1.54) is 20.3 Å². The van der Waals surface area contributed by atoms with Gasteiger partial charge < -0.3 is 0 Å². The molecule has 0 atom stereocenters. The molecule has 1 heterocycles. The summed E-state index contributed by atoms with van der Waals surface area (Å²) in [6.45, 7) is 0. The molecule has 0 spiro atoms. The van der Waals surface area contributed by atoms with E-state index in [4.69, 9.17) is 0 Å². The molecule has 0 nitrogen and oxygen atoms in total. The van der Waals surface area contributed by atoms with Crippen molar-refractivity contribution >= 4 is 21.3 Å². The van der Waals surface area contributed by atoms with Gasteiger partial charge >= 0.3 is 0 Å². The Hall–Kier alpha value is 0.567. The third kappa shape index (κ3) is 0.302. The van der Waals surface area contributed by atoms with E-state index in [0.717, 1.165) is 0 Å². The fraction of sp³-hybridized carbons (Fsp3) is 1.00. The van der Waals surface area contributed by atoms with Crippen LogP contribution in [0.3, 0.4) is 0 Å². The van der Waals surface area contributed by atoms with Crippen LogP contribution in [-0.4, -0.2) is 20.3 Å². The third-order valence-electron chi connectivity index (χ3n) is 0.408. The van der Waals surface area contributed by atoms with Gasteiger partial charge in [-0.25, -0.2) is 0 Å². The van der Waals surface area contributed by atoms with Crippen LogP contribution in [0.4, 0.5) is 0 Å². The zero-order valence-corrected chi connectivity index (χ0v) is 4.14. The van der Waals surface area contributed by atoms with Gasteiger partial charge in [-0.1, -0.05) is 0 Å². The molecule has 2 radical (unpaired) electrons. The molecule has 2 heteroatoms. The molecule has 1 aliphatic heterocycles. The fourth-order valence-electron chi connectivity index (χ4n) is 0.102. The normalized spacial score (nSPS) is 24.0. The van der Waals surface area contributed by atoms with Crippen molar-refractivity contribution < 1.29 is 0 Å². The maximum atomic E-state index is 2.05. The lowest BCUT2D eigenvalue weighted by Crippen LogP contribution is -2.10. The Morgan fingerprint density at radius 2 is 1.75 bits per heavy atom. The van der Waals surface area contributed by atoms with E-state index in [-0.39, 0.29) is 0 Å². The van der Waals surface area contributed by atoms with Crippen molar-refractivity contribution in [2.45, 2.75) is 0 Å². The second kappa shape index (κ2) is 1.13. The van der Waals surface area contributed by atoms with Crippen molar-refractivity contribution in [2.75, 3.05) is 10.8 Å². The predicted molar refractivity (Wildman–Crippen MR) is 23.1 cm³/mol. The van der Waals surface area contributed by atoms with E-state index in [1.54, 1.807) is 0 Å². The molecule has 1 saturated heterocycles. The number of hydrogen-bond donors (Lipinski definition) is 0. The van der Waals surface area contributed by atoms with Crippen LogP contribution in [0, 0.1) is 0 Å². The minimum Gasteiger partial charge on any atom is -0.169 e. The summed E-state index contributed by atoms with van der Waals surface area (Å²) in [4.78, 5) is 0. The molecule has 0 aromatic heterocycles. The Morgan fingerprint density at radius 3 is 1.75 bits per heavy atom. The van der Waals surface area contributed by atoms with Gasteiger partial charge in [-0.05, 0) is 10.8 Å². The van der Waals surface area contributed by atoms with Crippen molar-refractivity contribution in [3.05, 3.63) is 0 Å². The maximum Gasteiger partial charge on any atom is 0.0631 e. The molecule has 0 aromatic rings. The molecule has 1 fully saturated rings. The molecule has 4 heavy (non-hydrogen) atoms. The van der Waals surface area contributed by atoms with Gasteiger partial charge in [0.15, 0.2) is 0 Å². The van der Waals surface area contributed by atoms with Gasteiger partial charge in [0.05, 0.1) is 9.52 Å². The van der Waals surface area contributed by atoms with Gasteiger partial charge in [-0.15, -0.1) is 0 Å². The summed E-state index contributed by atoms with van der Waals surface area (Å²) in [5, 5.41) is 2.89. The lowest BCUT2D eigenvalue weighted by atomic mass is 11.8. The van der Waals surface area contributed by atoms with Crippen LogP contribution in [0.15, 0.2) is 0 Å². The van der Waals surface area contributed by atoms with Crippen molar-refractivity contribution in [2.24, 2.45) is 0 Å². The lowest BCUT2D eigenvalue weighted by molar-refractivity contribution is 1.89. The second-order valence-electron chi connectivity index (χ2n) is 0.743. The van der Waals surface area contributed by atoms with Crippen LogP contribution in [-0.2, 0) is 0 Å². The minimum absolute atomic E-state index is 1.28. The Kier molecular flexibility index (Phi) is 0.785. The summed E-state index contributed by atoms with van der Waals surface area (Å²) in [5.74, 6) is 0. The van der Waals surface area contributed by atoms with Gasteiger partial charge in [0.25, 0.3) is 0 Å². The first-order valence-corrected chi connectivity index (χ1v) is 3.85. The monoisotopic (exact) mass is 88.0 g/mol. The Morgan fingerprint density at radius 1 is 1.50 bits per heavy atom. The van der Waals surface area contributed by atoms with Gasteiger partial charge in [0.1, 0.15) is 0 Å². The highest BCUT2D eigenvalue weighted by molar-refractivity contribution is 8.04. The summed E-state index contributed by atoms with van der Waals surface area (Å²) in [7, 11) is 1.28. The summed E-state index contributed by atoms with van der Waals surface area (Å²) in [6.07, 6.45) is 0. The molecule has 0 saturated carbocycles. The molecule has 1 rings (SSSR count). The molecule has 0 bridgehead atoms. The molecule has 1 aliphatic rings. The topological polar surface area (TPSA) is 0 Å². The van der Waals surface area contributed by atoms with E-state index in [2.05, 4.69) is 0 Å². The average Bonchev–Trinajstić information content (AvgIpc) is 0.722. The lowest BCUT2D eigenvalue weighted by Gasteiger charge is -2.04. The van der Waals surface area contributed by atoms with E-state index in [1.807, 2.05) is 11.8 Å². The van der Waals surface area contributed by atoms with E-state index in [9.17, 15) is 0 Å². The quantitative estimate of drug-likeness (QED) is 0.385. The van der Waals surface area contributed by atoms with E-state index < -0.39 is 0 Å². The summed E-state index contributed by atoms with van der Waals surface area (Å²) >= 11 is 2.05. The molecule has 0 amide bonds. The standard InChI is InChI=1S/C2H4SSi/c1-3-2-4-1/h1-2H2. The zero-order valence-electron chi connectivity index (χ0n) is 2.32. The van der Waals surface area contributed by atoms with Crippen molar-refractivity contribution in [3.63, 3.8) is 0 Å². The van der Waals surface area contributed by atoms with Crippen LogP contribution in [0.2, 0.25) is 0 Å². The molecule has 0 unspecified atom stereocenters. The zero-order chi connectivity index (χ0) is 2.83. The minimum atomic E-state index is 1.28. The third-order valence-corrected chi connectivity index (χ3v) is 3.67. The molecule has 22 valence electrons. The summed E-state index contributed by atoms with van der Waals surface area (Å²) < 4.78 is 0. The van der Waals surface area contributed by atoms with Crippen LogP contribution >= 0.6 is 11.8 Å². The van der Waals surface area contributed by atoms with Gasteiger partial charge in [-0.3, -0.25) is 0 Å². The molecule has 0 aromatic carbocycles. The Balaban J connectivity index is 2.00. The van der Waals surface area contributed by atoms with Crippen molar-refractivity contribution in [1.29, 1.82) is 0 Å². The molecular weight excluding hydrogens is 84.2 g/mol. The number of thioether (sulfide) groups is 1. The molecule has 0 aliphatic carbocycles. The first-order chi connectivity index (χ1) is 2.00. The summed E-state index contributed by atoms with van der Waals surface area (Å²) in [6, 6.07) is 0. The van der Waals surface area contributed by atoms with Crippen LogP contribution in [0.1, 0.15) is 0 Å². The largest absolute Gasteiger partial charge is 0.169 e. The highest BCUT2D eigenvalue weighted by Gasteiger charge is 1.97. The Labute approximate surface area is 32.8 Å².